The van der Waals surface area contributed by atoms with E-state index in [-0.39, 0.29) is 6.61 Å². The average molecular weight is 254 g/mol. The van der Waals surface area contributed by atoms with E-state index in [1.807, 2.05) is 0 Å². The van der Waals surface area contributed by atoms with E-state index in [0.717, 1.165) is 0 Å². The van der Waals surface area contributed by atoms with Gasteiger partial charge in [-0.2, -0.15) is 0 Å². The van der Waals surface area contributed by atoms with E-state index in [4.69, 9.17) is 10.2 Å². The molecule has 2 amide bonds. The maximum Gasteiger partial charge on any atom is 0.404 e. The van der Waals surface area contributed by atoms with Crippen molar-refractivity contribution in [2.24, 2.45) is 11.5 Å². The molecule has 0 radical (unpaired) electrons. The molecular weight excluding hydrogens is 232 g/mol. The van der Waals surface area contributed by atoms with Crippen LogP contribution in [-0.2, 0) is 9.47 Å². The van der Waals surface area contributed by atoms with E-state index in [1.165, 1.54) is 6.92 Å². The number of hydrogen-bond acceptors (Lipinski definition) is 6. The molecular formula is C9H22N2O6. The van der Waals surface area contributed by atoms with E-state index >= 15 is 0 Å². The summed E-state index contributed by atoms with van der Waals surface area (Å²) < 4.78 is 8.36. The standard InChI is InChI=1S/2C3H7NO2.C3H8O2/c2*1-2-6-3(4)5;1-3(5)2-4/h2*2H2,1H3,(H2,4,5);3-5H,2H2,1H3. The lowest BCUT2D eigenvalue weighted by atomic mass is 10.5. The van der Waals surface area contributed by atoms with Crippen molar-refractivity contribution in [3.63, 3.8) is 0 Å². The lowest BCUT2D eigenvalue weighted by Crippen LogP contribution is -2.11. The zero-order valence-electron chi connectivity index (χ0n) is 10.4. The van der Waals surface area contributed by atoms with Gasteiger partial charge in [-0.3, -0.25) is 0 Å². The molecule has 0 bridgehead atoms. The summed E-state index contributed by atoms with van der Waals surface area (Å²) in [7, 11) is 0. The fourth-order valence-corrected chi connectivity index (χ4v) is 0.285. The molecule has 0 heterocycles. The third-order valence-electron chi connectivity index (χ3n) is 0.837. The summed E-state index contributed by atoms with van der Waals surface area (Å²) in [6.07, 6.45) is -1.98. The molecule has 8 nitrogen and oxygen atoms in total. The zero-order valence-corrected chi connectivity index (χ0v) is 10.4. The van der Waals surface area contributed by atoms with Crippen LogP contribution in [0.15, 0.2) is 0 Å². The van der Waals surface area contributed by atoms with Crippen molar-refractivity contribution < 1.29 is 29.3 Å². The Morgan fingerprint density at radius 3 is 1.35 bits per heavy atom. The number of aliphatic hydroxyl groups is 2. The van der Waals surface area contributed by atoms with Crippen LogP contribution in [0, 0.1) is 0 Å². The van der Waals surface area contributed by atoms with Gasteiger partial charge in [0.1, 0.15) is 0 Å². The predicted octanol–water partition coefficient (Wildman–Crippen LogP) is -0.437. The van der Waals surface area contributed by atoms with Gasteiger partial charge in [-0.15, -0.1) is 0 Å². The molecule has 1 unspecified atom stereocenters. The Bertz CT molecular complexity index is 170. The molecule has 8 heteroatoms. The Hall–Kier alpha value is -1.54. The summed E-state index contributed by atoms with van der Waals surface area (Å²) in [4.78, 5) is 19.2. The molecule has 0 aromatic carbocycles. The van der Waals surface area contributed by atoms with Gasteiger partial charge in [-0.25, -0.2) is 9.59 Å². The topological polar surface area (TPSA) is 145 Å². The monoisotopic (exact) mass is 254 g/mol. The minimum absolute atomic E-state index is 0.139. The van der Waals surface area contributed by atoms with Crippen LogP contribution in [-0.4, -0.2) is 48.3 Å². The van der Waals surface area contributed by atoms with Gasteiger partial charge in [-0.1, -0.05) is 0 Å². The molecule has 0 fully saturated rings. The molecule has 0 aliphatic carbocycles. The third kappa shape index (κ3) is 53.8. The molecule has 0 aliphatic rings. The molecule has 17 heavy (non-hydrogen) atoms. The first-order valence-corrected chi connectivity index (χ1v) is 4.95. The maximum absolute atomic E-state index is 9.60. The van der Waals surface area contributed by atoms with Gasteiger partial charge >= 0.3 is 12.2 Å². The van der Waals surface area contributed by atoms with Crippen LogP contribution in [0.4, 0.5) is 9.59 Å². The van der Waals surface area contributed by atoms with Gasteiger partial charge in [0.15, 0.2) is 0 Å². The van der Waals surface area contributed by atoms with Crippen molar-refractivity contribution in [3.05, 3.63) is 0 Å². The summed E-state index contributed by atoms with van der Waals surface area (Å²) in [5.74, 6) is 0. The number of carbonyl (C=O) groups excluding carboxylic acids is 2. The maximum atomic E-state index is 9.60. The first-order valence-electron chi connectivity index (χ1n) is 4.95. The van der Waals surface area contributed by atoms with E-state index < -0.39 is 18.3 Å². The number of primary amides is 2. The van der Waals surface area contributed by atoms with Gasteiger partial charge in [0.05, 0.1) is 25.9 Å². The second-order valence-corrected chi connectivity index (χ2v) is 2.54. The van der Waals surface area contributed by atoms with Crippen LogP contribution >= 0.6 is 0 Å². The van der Waals surface area contributed by atoms with Crippen molar-refractivity contribution in [2.45, 2.75) is 26.9 Å². The smallest absolute Gasteiger partial charge is 0.404 e. The average Bonchev–Trinajstić information content (AvgIpc) is 2.19. The highest BCUT2D eigenvalue weighted by molar-refractivity contribution is 5.64. The highest BCUT2D eigenvalue weighted by atomic mass is 16.5. The Morgan fingerprint density at radius 1 is 1.12 bits per heavy atom. The van der Waals surface area contributed by atoms with Gasteiger partial charge in [0.2, 0.25) is 0 Å². The second kappa shape index (κ2) is 16.9. The van der Waals surface area contributed by atoms with Crippen LogP contribution in [0.5, 0.6) is 0 Å². The Kier molecular flexibility index (Phi) is 20.7. The minimum Gasteiger partial charge on any atom is -0.450 e. The largest absolute Gasteiger partial charge is 0.450 e. The van der Waals surface area contributed by atoms with Crippen LogP contribution < -0.4 is 11.5 Å². The number of nitrogens with two attached hydrogens (primary N) is 2. The molecule has 0 saturated carbocycles. The number of carbonyl (C=O) groups is 2. The molecule has 0 aromatic rings. The number of hydrogen-bond donors (Lipinski definition) is 4. The predicted molar refractivity (Wildman–Crippen MR) is 61.2 cm³/mol. The fourth-order valence-electron chi connectivity index (χ4n) is 0.285. The van der Waals surface area contributed by atoms with E-state index in [1.54, 1.807) is 13.8 Å². The summed E-state index contributed by atoms with van der Waals surface area (Å²) >= 11 is 0. The van der Waals surface area contributed by atoms with Crippen LogP contribution in [0.1, 0.15) is 20.8 Å². The number of amides is 2. The Balaban J connectivity index is -0.000000174. The van der Waals surface area contributed by atoms with Crippen molar-refractivity contribution in [1.82, 2.24) is 0 Å². The lowest BCUT2D eigenvalue weighted by molar-refractivity contribution is 0.110. The summed E-state index contributed by atoms with van der Waals surface area (Å²) in [6, 6.07) is 0. The first kappa shape index (κ1) is 20.8. The third-order valence-corrected chi connectivity index (χ3v) is 0.837. The number of aliphatic hydroxyl groups excluding tert-OH is 2. The molecule has 104 valence electrons. The SMILES string of the molecule is CC(O)CO.CCOC(N)=O.CCOC(N)=O. The second-order valence-electron chi connectivity index (χ2n) is 2.54. The first-order chi connectivity index (χ1) is 7.81. The van der Waals surface area contributed by atoms with Gasteiger partial charge in [0.25, 0.3) is 0 Å². The molecule has 0 aliphatic heterocycles. The van der Waals surface area contributed by atoms with E-state index in [2.05, 4.69) is 20.9 Å². The summed E-state index contributed by atoms with van der Waals surface area (Å²) in [5, 5.41) is 16.0. The summed E-state index contributed by atoms with van der Waals surface area (Å²) in [6.45, 7) is 5.50. The van der Waals surface area contributed by atoms with Crippen molar-refractivity contribution in [3.8, 4) is 0 Å². The Labute approximate surface area is 100 Å². The minimum atomic E-state index is -0.711. The number of rotatable bonds is 3. The molecule has 1 atom stereocenters. The Morgan fingerprint density at radius 2 is 1.35 bits per heavy atom. The van der Waals surface area contributed by atoms with Gasteiger partial charge in [0, 0.05) is 0 Å². The van der Waals surface area contributed by atoms with Crippen molar-refractivity contribution in [1.29, 1.82) is 0 Å². The van der Waals surface area contributed by atoms with Crippen LogP contribution in [0.3, 0.4) is 0 Å². The molecule has 0 aromatic heterocycles. The molecule has 0 saturated heterocycles. The highest BCUT2D eigenvalue weighted by Crippen LogP contribution is 1.68. The lowest BCUT2D eigenvalue weighted by Gasteiger charge is -1.90. The molecule has 0 spiro atoms. The quantitative estimate of drug-likeness (QED) is 0.537. The fraction of sp³-hybridized carbons (Fsp3) is 0.778. The molecule has 6 N–H and O–H groups in total. The van der Waals surface area contributed by atoms with Gasteiger partial charge < -0.3 is 31.2 Å². The van der Waals surface area contributed by atoms with E-state index in [9.17, 15) is 9.59 Å². The number of ether oxygens (including phenoxy) is 2. The van der Waals surface area contributed by atoms with Crippen molar-refractivity contribution in [2.75, 3.05) is 19.8 Å². The van der Waals surface area contributed by atoms with Gasteiger partial charge in [-0.05, 0) is 20.8 Å². The zero-order chi connectivity index (χ0) is 14.3. The normalized spacial score (nSPS) is 9.71. The van der Waals surface area contributed by atoms with Crippen LogP contribution in [0.25, 0.3) is 0 Å². The van der Waals surface area contributed by atoms with E-state index in [0.29, 0.717) is 13.2 Å². The highest BCUT2D eigenvalue weighted by Gasteiger charge is 1.83. The van der Waals surface area contributed by atoms with Crippen molar-refractivity contribution >= 4 is 12.2 Å². The van der Waals surface area contributed by atoms with Crippen LogP contribution in [0.2, 0.25) is 0 Å². The molecule has 0 rings (SSSR count). The summed E-state index contributed by atoms with van der Waals surface area (Å²) in [5.41, 5.74) is 9.08.